The SMILES string of the molecule is O=CC1CCCN(S(=O)(=O)CC2CCCO2)C1. The quantitative estimate of drug-likeness (QED) is 0.687. The van der Waals surface area contributed by atoms with Gasteiger partial charge in [-0.2, -0.15) is 0 Å². The number of sulfonamides is 1. The standard InChI is InChI=1S/C11H19NO4S/c13-8-10-3-1-5-12(7-10)17(14,15)9-11-4-2-6-16-11/h8,10-11H,1-7,9H2. The van der Waals surface area contributed by atoms with Gasteiger partial charge < -0.3 is 9.53 Å². The molecule has 0 aromatic rings. The van der Waals surface area contributed by atoms with Gasteiger partial charge in [-0.15, -0.1) is 0 Å². The van der Waals surface area contributed by atoms with E-state index in [9.17, 15) is 13.2 Å². The van der Waals surface area contributed by atoms with E-state index < -0.39 is 10.0 Å². The van der Waals surface area contributed by atoms with Crippen LogP contribution in [0.2, 0.25) is 0 Å². The lowest BCUT2D eigenvalue weighted by molar-refractivity contribution is -0.112. The van der Waals surface area contributed by atoms with Crippen LogP contribution < -0.4 is 0 Å². The van der Waals surface area contributed by atoms with Crippen LogP contribution in [-0.4, -0.2) is 50.6 Å². The van der Waals surface area contributed by atoms with Crippen molar-refractivity contribution >= 4 is 16.3 Å². The fourth-order valence-electron chi connectivity index (χ4n) is 2.45. The average Bonchev–Trinajstić information content (AvgIpc) is 2.81. The van der Waals surface area contributed by atoms with Gasteiger partial charge in [0.2, 0.25) is 10.0 Å². The minimum atomic E-state index is -3.26. The van der Waals surface area contributed by atoms with Crippen LogP contribution in [0.4, 0.5) is 0 Å². The van der Waals surface area contributed by atoms with Gasteiger partial charge in [-0.1, -0.05) is 0 Å². The van der Waals surface area contributed by atoms with Gasteiger partial charge >= 0.3 is 0 Å². The van der Waals surface area contributed by atoms with Crippen LogP contribution in [0.5, 0.6) is 0 Å². The summed E-state index contributed by atoms with van der Waals surface area (Å²) in [6.07, 6.45) is 4.05. The molecule has 2 saturated heterocycles. The van der Waals surface area contributed by atoms with Gasteiger partial charge in [0.25, 0.3) is 0 Å². The summed E-state index contributed by atoms with van der Waals surface area (Å²) >= 11 is 0. The largest absolute Gasteiger partial charge is 0.377 e. The minimum Gasteiger partial charge on any atom is -0.377 e. The van der Waals surface area contributed by atoms with E-state index in [1.807, 2.05) is 0 Å². The Morgan fingerprint density at radius 1 is 1.29 bits per heavy atom. The van der Waals surface area contributed by atoms with Crippen LogP contribution in [0, 0.1) is 5.92 Å². The molecule has 0 bridgehead atoms. The van der Waals surface area contributed by atoms with Crippen molar-refractivity contribution in [1.29, 1.82) is 0 Å². The van der Waals surface area contributed by atoms with Crippen molar-refractivity contribution in [2.45, 2.75) is 31.8 Å². The van der Waals surface area contributed by atoms with E-state index >= 15 is 0 Å². The summed E-state index contributed by atoms with van der Waals surface area (Å²) in [6, 6.07) is 0. The molecule has 2 aliphatic rings. The molecule has 0 aromatic carbocycles. The van der Waals surface area contributed by atoms with Crippen molar-refractivity contribution in [1.82, 2.24) is 4.31 Å². The third kappa shape index (κ3) is 3.26. The van der Waals surface area contributed by atoms with Crippen molar-refractivity contribution in [2.75, 3.05) is 25.4 Å². The molecule has 0 aliphatic carbocycles. The van der Waals surface area contributed by atoms with E-state index in [2.05, 4.69) is 0 Å². The number of aldehydes is 1. The number of piperidine rings is 1. The lowest BCUT2D eigenvalue weighted by Crippen LogP contribution is -2.43. The summed E-state index contributed by atoms with van der Waals surface area (Å²) in [6.45, 7) is 1.55. The van der Waals surface area contributed by atoms with Gasteiger partial charge in [-0.05, 0) is 25.7 Å². The lowest BCUT2D eigenvalue weighted by atomic mass is 10.0. The summed E-state index contributed by atoms with van der Waals surface area (Å²) < 4.78 is 31.1. The molecule has 0 saturated carbocycles. The van der Waals surface area contributed by atoms with E-state index in [4.69, 9.17) is 4.74 Å². The Kier molecular flexibility index (Phi) is 4.17. The maximum Gasteiger partial charge on any atom is 0.216 e. The highest BCUT2D eigenvalue weighted by Gasteiger charge is 2.32. The zero-order valence-corrected chi connectivity index (χ0v) is 10.7. The molecule has 2 heterocycles. The third-order valence-electron chi connectivity index (χ3n) is 3.43. The molecule has 6 heteroatoms. The molecule has 2 fully saturated rings. The number of rotatable bonds is 4. The first kappa shape index (κ1) is 13.0. The highest BCUT2D eigenvalue weighted by molar-refractivity contribution is 7.89. The first-order chi connectivity index (χ1) is 8.12. The average molecular weight is 261 g/mol. The topological polar surface area (TPSA) is 63.7 Å². The summed E-state index contributed by atoms with van der Waals surface area (Å²) in [5.74, 6) is -0.0681. The van der Waals surface area contributed by atoms with Crippen molar-refractivity contribution in [3.05, 3.63) is 0 Å². The lowest BCUT2D eigenvalue weighted by Gasteiger charge is -2.30. The molecule has 17 heavy (non-hydrogen) atoms. The minimum absolute atomic E-state index is 0.0680. The number of hydrogen-bond donors (Lipinski definition) is 0. The van der Waals surface area contributed by atoms with Crippen LogP contribution >= 0.6 is 0 Å². The molecule has 2 aliphatic heterocycles. The Bertz CT molecular complexity index is 362. The highest BCUT2D eigenvalue weighted by Crippen LogP contribution is 2.21. The first-order valence-electron chi connectivity index (χ1n) is 6.16. The van der Waals surface area contributed by atoms with Crippen LogP contribution in [0.3, 0.4) is 0 Å². The van der Waals surface area contributed by atoms with Gasteiger partial charge in [-0.3, -0.25) is 0 Å². The van der Waals surface area contributed by atoms with E-state index in [0.29, 0.717) is 19.7 Å². The smallest absolute Gasteiger partial charge is 0.216 e. The first-order valence-corrected chi connectivity index (χ1v) is 7.77. The summed E-state index contributed by atoms with van der Waals surface area (Å²) in [4.78, 5) is 10.7. The summed E-state index contributed by atoms with van der Waals surface area (Å²) in [5, 5.41) is 0. The second-order valence-electron chi connectivity index (χ2n) is 4.81. The molecule has 0 spiro atoms. The molecule has 2 rings (SSSR count). The zero-order chi connectivity index (χ0) is 12.3. The summed E-state index contributed by atoms with van der Waals surface area (Å²) in [5.41, 5.74) is 0. The number of nitrogens with zero attached hydrogens (tertiary/aromatic N) is 1. The van der Waals surface area contributed by atoms with Crippen LogP contribution in [0.25, 0.3) is 0 Å². The Hall–Kier alpha value is -0.460. The van der Waals surface area contributed by atoms with Gasteiger partial charge in [0, 0.05) is 25.6 Å². The predicted molar refractivity (Wildman–Crippen MR) is 63.1 cm³/mol. The normalized spacial score (nSPS) is 31.5. The Balaban J connectivity index is 1.96. The maximum absolute atomic E-state index is 12.1. The summed E-state index contributed by atoms with van der Waals surface area (Å²) in [7, 11) is -3.26. The van der Waals surface area contributed by atoms with Gasteiger partial charge in [0.1, 0.15) is 6.29 Å². The van der Waals surface area contributed by atoms with E-state index in [1.54, 1.807) is 0 Å². The molecule has 5 nitrogen and oxygen atoms in total. The van der Waals surface area contributed by atoms with Crippen molar-refractivity contribution in [2.24, 2.45) is 5.92 Å². The van der Waals surface area contributed by atoms with Crippen molar-refractivity contribution in [3.8, 4) is 0 Å². The number of carbonyl (C=O) groups is 1. The number of ether oxygens (including phenoxy) is 1. The Morgan fingerprint density at radius 3 is 2.76 bits per heavy atom. The van der Waals surface area contributed by atoms with Crippen LogP contribution in [0.15, 0.2) is 0 Å². The molecular formula is C11H19NO4S. The van der Waals surface area contributed by atoms with Gasteiger partial charge in [-0.25, -0.2) is 12.7 Å². The molecule has 0 amide bonds. The fourth-order valence-corrected chi connectivity index (χ4v) is 4.22. The molecule has 2 atom stereocenters. The van der Waals surface area contributed by atoms with E-state index in [-0.39, 0.29) is 17.8 Å². The van der Waals surface area contributed by atoms with E-state index in [0.717, 1.165) is 32.0 Å². The Labute approximate surface area is 102 Å². The maximum atomic E-state index is 12.1. The van der Waals surface area contributed by atoms with Crippen molar-refractivity contribution in [3.63, 3.8) is 0 Å². The molecule has 98 valence electrons. The number of hydrogen-bond acceptors (Lipinski definition) is 4. The van der Waals surface area contributed by atoms with Crippen molar-refractivity contribution < 1.29 is 17.9 Å². The molecular weight excluding hydrogens is 242 g/mol. The van der Waals surface area contributed by atoms with E-state index in [1.165, 1.54) is 4.31 Å². The zero-order valence-electron chi connectivity index (χ0n) is 9.88. The van der Waals surface area contributed by atoms with Crippen LogP contribution in [-0.2, 0) is 19.6 Å². The number of carbonyl (C=O) groups excluding carboxylic acids is 1. The highest BCUT2D eigenvalue weighted by atomic mass is 32.2. The molecule has 0 aromatic heterocycles. The fraction of sp³-hybridized carbons (Fsp3) is 0.909. The third-order valence-corrected chi connectivity index (χ3v) is 5.34. The van der Waals surface area contributed by atoms with Gasteiger partial charge in [0.05, 0.1) is 11.9 Å². The van der Waals surface area contributed by atoms with Crippen LogP contribution in [0.1, 0.15) is 25.7 Å². The molecule has 2 unspecified atom stereocenters. The molecule has 0 radical (unpaired) electrons. The second kappa shape index (κ2) is 5.46. The van der Waals surface area contributed by atoms with Gasteiger partial charge in [0.15, 0.2) is 0 Å². The monoisotopic (exact) mass is 261 g/mol. The Morgan fingerprint density at radius 2 is 2.12 bits per heavy atom. The predicted octanol–water partition coefficient (Wildman–Crippen LogP) is 0.406. The second-order valence-corrected chi connectivity index (χ2v) is 6.82. The molecule has 0 N–H and O–H groups in total.